The van der Waals surface area contributed by atoms with Crippen molar-refractivity contribution in [1.82, 2.24) is 10.1 Å². The molecule has 0 saturated carbocycles. The topological polar surface area (TPSA) is 51.0 Å². The largest absolute Gasteiger partial charge is 0.360 e. The summed E-state index contributed by atoms with van der Waals surface area (Å²) in [6.07, 6.45) is 0. The van der Waals surface area contributed by atoms with Crippen LogP contribution in [0.5, 0.6) is 0 Å². The molecule has 0 aliphatic heterocycles. The summed E-state index contributed by atoms with van der Waals surface area (Å²) in [5, 5.41) is 11.8. The Labute approximate surface area is 174 Å². The maximum Gasteiger partial charge on any atom is 0.187 e. The molecule has 27 heavy (non-hydrogen) atoms. The number of halogens is 3. The van der Waals surface area contributed by atoms with Crippen molar-refractivity contribution in [3.05, 3.63) is 68.7 Å². The average molecular weight is 437 g/mol. The van der Waals surface area contributed by atoms with E-state index in [1.807, 2.05) is 42.6 Å². The molecule has 0 aliphatic rings. The van der Waals surface area contributed by atoms with Gasteiger partial charge in [-0.1, -0.05) is 52.1 Å². The van der Waals surface area contributed by atoms with E-state index in [4.69, 9.17) is 39.3 Å². The normalized spacial score (nSPS) is 11.0. The molecule has 4 aromatic rings. The van der Waals surface area contributed by atoms with Gasteiger partial charge in [0.1, 0.15) is 11.5 Å². The zero-order valence-corrected chi connectivity index (χ0v) is 17.0. The molecule has 0 saturated heterocycles. The van der Waals surface area contributed by atoms with Gasteiger partial charge in [-0.05, 0) is 37.3 Å². The van der Waals surface area contributed by atoms with Crippen LogP contribution in [0, 0.1) is 6.92 Å². The summed E-state index contributed by atoms with van der Waals surface area (Å²) in [4.78, 5) is 4.66. The third-order valence-corrected chi connectivity index (χ3v) is 5.56. The van der Waals surface area contributed by atoms with E-state index in [1.54, 1.807) is 12.1 Å². The van der Waals surface area contributed by atoms with Crippen LogP contribution in [-0.4, -0.2) is 10.1 Å². The summed E-state index contributed by atoms with van der Waals surface area (Å²) >= 11 is 20.0. The van der Waals surface area contributed by atoms with Gasteiger partial charge >= 0.3 is 0 Å². The van der Waals surface area contributed by atoms with Gasteiger partial charge in [0.2, 0.25) is 0 Å². The molecular weight excluding hydrogens is 425 g/mol. The number of para-hydroxylation sites is 1. The zero-order valence-electron chi connectivity index (χ0n) is 14.0. The molecule has 2 heterocycles. The van der Waals surface area contributed by atoms with Crippen LogP contribution in [0.15, 0.2) is 52.4 Å². The van der Waals surface area contributed by atoms with Crippen LogP contribution in [0.4, 0.5) is 10.8 Å². The van der Waals surface area contributed by atoms with E-state index in [2.05, 4.69) is 15.5 Å². The first-order valence-electron chi connectivity index (χ1n) is 7.92. The van der Waals surface area contributed by atoms with Gasteiger partial charge in [0.15, 0.2) is 5.13 Å². The molecule has 0 radical (unpaired) electrons. The Morgan fingerprint density at radius 2 is 1.85 bits per heavy atom. The van der Waals surface area contributed by atoms with Crippen LogP contribution in [0.3, 0.4) is 0 Å². The number of rotatable bonds is 4. The number of benzene rings is 2. The molecule has 4 nitrogen and oxygen atoms in total. The van der Waals surface area contributed by atoms with Gasteiger partial charge < -0.3 is 9.84 Å². The third kappa shape index (κ3) is 3.69. The molecule has 0 aliphatic carbocycles. The minimum atomic E-state index is 0.502. The quantitative estimate of drug-likeness (QED) is 0.360. The Balaban J connectivity index is 1.72. The van der Waals surface area contributed by atoms with Gasteiger partial charge in [-0.15, -0.1) is 11.3 Å². The van der Waals surface area contributed by atoms with Crippen molar-refractivity contribution >= 4 is 57.0 Å². The number of hydrogen-bond acceptors (Lipinski definition) is 5. The Hall–Kier alpha value is -2.05. The SMILES string of the molecule is Cc1onc(-c2ccc(Cl)cc2Cl)c1-c1csc(Nc2ccccc2Cl)n1. The Kier molecular flexibility index (Phi) is 5.10. The van der Waals surface area contributed by atoms with Gasteiger partial charge in [-0.2, -0.15) is 0 Å². The standard InChI is InChI=1S/C19H12Cl3N3OS/c1-10-17(18(25-26-10)12-7-6-11(20)8-14(12)22)16-9-27-19(24-16)23-15-5-3-2-4-13(15)21/h2-9H,1H3,(H,23,24). The lowest BCUT2D eigenvalue weighted by atomic mass is 10.0. The number of aryl methyl sites for hydroxylation is 1. The molecule has 0 spiro atoms. The highest BCUT2D eigenvalue weighted by Gasteiger charge is 2.21. The van der Waals surface area contributed by atoms with E-state index < -0.39 is 0 Å². The summed E-state index contributed by atoms with van der Waals surface area (Å²) < 4.78 is 5.42. The smallest absolute Gasteiger partial charge is 0.187 e. The van der Waals surface area contributed by atoms with Gasteiger partial charge in [0.25, 0.3) is 0 Å². The van der Waals surface area contributed by atoms with Crippen LogP contribution < -0.4 is 5.32 Å². The number of anilines is 2. The second-order valence-corrected chi connectivity index (χ2v) is 7.84. The van der Waals surface area contributed by atoms with Gasteiger partial charge in [-0.3, -0.25) is 0 Å². The molecule has 2 aromatic carbocycles. The molecule has 0 atom stereocenters. The van der Waals surface area contributed by atoms with Crippen LogP contribution >= 0.6 is 46.1 Å². The van der Waals surface area contributed by atoms with Crippen molar-refractivity contribution in [2.45, 2.75) is 6.92 Å². The summed E-state index contributed by atoms with van der Waals surface area (Å²) in [5.74, 6) is 0.658. The van der Waals surface area contributed by atoms with Crippen molar-refractivity contribution < 1.29 is 4.52 Å². The van der Waals surface area contributed by atoms with E-state index in [9.17, 15) is 0 Å². The highest BCUT2D eigenvalue weighted by molar-refractivity contribution is 7.14. The van der Waals surface area contributed by atoms with E-state index in [1.165, 1.54) is 11.3 Å². The minimum Gasteiger partial charge on any atom is -0.360 e. The molecule has 0 fully saturated rings. The number of thiazole rings is 1. The Morgan fingerprint density at radius 3 is 2.63 bits per heavy atom. The lowest BCUT2D eigenvalue weighted by Gasteiger charge is -2.05. The molecule has 0 bridgehead atoms. The summed E-state index contributed by atoms with van der Waals surface area (Å²) in [5.41, 5.74) is 3.70. The van der Waals surface area contributed by atoms with Crippen LogP contribution in [0.25, 0.3) is 22.5 Å². The lowest BCUT2D eigenvalue weighted by Crippen LogP contribution is -1.91. The molecule has 8 heteroatoms. The maximum atomic E-state index is 6.35. The molecule has 4 rings (SSSR count). The predicted molar refractivity (Wildman–Crippen MR) is 113 cm³/mol. The predicted octanol–water partition coefficient (Wildman–Crippen LogP) is 7.48. The second-order valence-electron chi connectivity index (χ2n) is 5.73. The molecule has 0 amide bonds. The van der Waals surface area contributed by atoms with Gasteiger partial charge in [-0.25, -0.2) is 4.98 Å². The fourth-order valence-electron chi connectivity index (χ4n) is 2.66. The number of aromatic nitrogens is 2. The fraction of sp³-hybridized carbons (Fsp3) is 0.0526. The molecule has 2 aromatic heterocycles. The first kappa shape index (κ1) is 18.3. The average Bonchev–Trinajstić information content (AvgIpc) is 3.23. The highest BCUT2D eigenvalue weighted by atomic mass is 35.5. The second kappa shape index (κ2) is 7.52. The summed E-state index contributed by atoms with van der Waals surface area (Å²) in [6, 6.07) is 12.8. The number of nitrogens with one attached hydrogen (secondary N) is 1. The summed E-state index contributed by atoms with van der Waals surface area (Å²) in [7, 11) is 0. The highest BCUT2D eigenvalue weighted by Crippen LogP contribution is 2.39. The molecular formula is C19H12Cl3N3OS. The fourth-order valence-corrected chi connectivity index (χ4v) is 4.06. The van der Waals surface area contributed by atoms with Crippen molar-refractivity contribution in [2.75, 3.05) is 5.32 Å². The van der Waals surface area contributed by atoms with E-state index in [0.717, 1.165) is 22.5 Å². The minimum absolute atomic E-state index is 0.502. The van der Waals surface area contributed by atoms with Gasteiger partial charge in [0.05, 0.1) is 27.0 Å². The first-order valence-corrected chi connectivity index (χ1v) is 9.93. The van der Waals surface area contributed by atoms with Gasteiger partial charge in [0, 0.05) is 16.0 Å². The number of hydrogen-bond donors (Lipinski definition) is 1. The van der Waals surface area contributed by atoms with Crippen LogP contribution in [-0.2, 0) is 0 Å². The Bertz CT molecular complexity index is 1120. The van der Waals surface area contributed by atoms with Crippen molar-refractivity contribution in [3.8, 4) is 22.5 Å². The number of nitrogens with zero attached hydrogens (tertiary/aromatic N) is 2. The lowest BCUT2D eigenvalue weighted by molar-refractivity contribution is 0.400. The summed E-state index contributed by atoms with van der Waals surface area (Å²) in [6.45, 7) is 1.84. The van der Waals surface area contributed by atoms with Crippen molar-refractivity contribution in [1.29, 1.82) is 0 Å². The zero-order chi connectivity index (χ0) is 19.0. The maximum absolute atomic E-state index is 6.35. The van der Waals surface area contributed by atoms with E-state index >= 15 is 0 Å². The third-order valence-electron chi connectivity index (χ3n) is 3.92. The molecule has 1 N–H and O–H groups in total. The van der Waals surface area contributed by atoms with Crippen LogP contribution in [0.2, 0.25) is 15.1 Å². The Morgan fingerprint density at radius 1 is 1.04 bits per heavy atom. The van der Waals surface area contributed by atoms with Crippen molar-refractivity contribution in [2.24, 2.45) is 0 Å². The molecule has 136 valence electrons. The van der Waals surface area contributed by atoms with Crippen molar-refractivity contribution in [3.63, 3.8) is 0 Å². The van der Waals surface area contributed by atoms with E-state index in [-0.39, 0.29) is 0 Å². The first-order chi connectivity index (χ1) is 13.0. The monoisotopic (exact) mass is 435 g/mol. The van der Waals surface area contributed by atoms with E-state index in [0.29, 0.717) is 31.7 Å². The molecule has 0 unspecified atom stereocenters. The van der Waals surface area contributed by atoms with Crippen LogP contribution in [0.1, 0.15) is 5.76 Å².